The van der Waals surface area contributed by atoms with Gasteiger partial charge in [-0.25, -0.2) is 0 Å². The van der Waals surface area contributed by atoms with Crippen LogP contribution in [0.25, 0.3) is 0 Å². The monoisotopic (exact) mass is 387 g/mol. The second-order valence-electron chi connectivity index (χ2n) is 5.76. The smallest absolute Gasteiger partial charge is 0.220 e. The first kappa shape index (κ1) is 21.1. The Kier molecular flexibility index (Phi) is 8.13. The van der Waals surface area contributed by atoms with E-state index in [1.165, 1.54) is 21.3 Å². The zero-order valence-corrected chi connectivity index (χ0v) is 16.8. The van der Waals surface area contributed by atoms with Crippen LogP contribution < -0.4 is 9.47 Å². The lowest BCUT2D eigenvalue weighted by atomic mass is 10.2. The highest BCUT2D eigenvalue weighted by molar-refractivity contribution is 5.96. The minimum atomic E-state index is 0.387. The van der Waals surface area contributed by atoms with Gasteiger partial charge in [0, 0.05) is 5.69 Å². The molecule has 9 heteroatoms. The number of methoxy groups -OCH3 is 2. The first-order chi connectivity index (χ1) is 13.6. The van der Waals surface area contributed by atoms with Crippen molar-refractivity contribution in [1.29, 1.82) is 0 Å². The average Bonchev–Trinajstić information content (AvgIpc) is 2.73. The van der Waals surface area contributed by atoms with E-state index in [9.17, 15) is 0 Å². The summed E-state index contributed by atoms with van der Waals surface area (Å²) in [5.41, 5.74) is 3.00. The first-order valence-electron chi connectivity index (χ1n) is 8.75. The molecule has 0 saturated heterocycles. The summed E-state index contributed by atoms with van der Waals surface area (Å²) < 4.78 is 10.3. The zero-order valence-electron chi connectivity index (χ0n) is 16.8. The molecular formula is C19H25N5O4. The van der Waals surface area contributed by atoms with E-state index in [0.29, 0.717) is 29.9 Å². The van der Waals surface area contributed by atoms with Gasteiger partial charge in [0.2, 0.25) is 11.8 Å². The van der Waals surface area contributed by atoms with Crippen LogP contribution in [-0.4, -0.2) is 54.3 Å². The van der Waals surface area contributed by atoms with Gasteiger partial charge in [0.1, 0.15) is 25.1 Å². The molecule has 2 aromatic rings. The molecule has 0 amide bonds. The Balaban J connectivity index is 1.89. The van der Waals surface area contributed by atoms with E-state index in [2.05, 4.69) is 25.3 Å². The lowest BCUT2D eigenvalue weighted by Crippen LogP contribution is -2.07. The van der Waals surface area contributed by atoms with Crippen LogP contribution in [0.3, 0.4) is 0 Å². The number of ether oxygens (including phenoxy) is 2. The van der Waals surface area contributed by atoms with E-state index in [0.717, 1.165) is 29.9 Å². The van der Waals surface area contributed by atoms with Crippen LogP contribution in [-0.2, 0) is 16.1 Å². The molecule has 0 aliphatic carbocycles. The number of hydrogen-bond donors (Lipinski definition) is 0. The normalized spacial score (nSPS) is 11.9. The largest absolute Gasteiger partial charge is 0.481 e. The molecule has 0 aliphatic heterocycles. The summed E-state index contributed by atoms with van der Waals surface area (Å²) in [6, 6.07) is 7.41. The van der Waals surface area contributed by atoms with Gasteiger partial charge in [-0.15, -0.1) is 0 Å². The lowest BCUT2D eigenvalue weighted by molar-refractivity contribution is 0.141. The molecule has 0 aromatic carbocycles. The van der Waals surface area contributed by atoms with Crippen LogP contribution in [0.5, 0.6) is 11.8 Å². The number of rotatable bonds is 10. The van der Waals surface area contributed by atoms with Crippen molar-refractivity contribution in [3.05, 3.63) is 41.5 Å². The molecule has 9 nitrogen and oxygen atoms in total. The van der Waals surface area contributed by atoms with Crippen molar-refractivity contribution < 1.29 is 19.1 Å². The van der Waals surface area contributed by atoms with E-state index in [1.807, 2.05) is 25.1 Å². The maximum absolute atomic E-state index is 5.39. The number of hydrogen-bond acceptors (Lipinski definition) is 9. The Hall–Kier alpha value is -3.23. The molecule has 2 aromatic heterocycles. The second-order valence-corrected chi connectivity index (χ2v) is 5.76. The summed E-state index contributed by atoms with van der Waals surface area (Å²) in [6.07, 6.45) is 1.52. The molecule has 2 rings (SSSR count). The van der Waals surface area contributed by atoms with Crippen LogP contribution in [0.15, 0.2) is 34.6 Å². The molecular weight excluding hydrogens is 362 g/mol. The van der Waals surface area contributed by atoms with E-state index in [4.69, 9.17) is 19.1 Å². The highest BCUT2D eigenvalue weighted by atomic mass is 16.6. The fourth-order valence-electron chi connectivity index (χ4n) is 2.28. The van der Waals surface area contributed by atoms with Crippen molar-refractivity contribution in [2.24, 2.45) is 10.3 Å². The third kappa shape index (κ3) is 6.19. The predicted octanol–water partition coefficient (Wildman–Crippen LogP) is 2.63. The first-order valence-corrected chi connectivity index (χ1v) is 8.75. The molecule has 0 radical (unpaired) electrons. The molecule has 0 aliphatic rings. The number of pyridine rings is 1. The van der Waals surface area contributed by atoms with Gasteiger partial charge in [0.25, 0.3) is 0 Å². The Bertz CT molecular complexity index is 817. The third-order valence-corrected chi connectivity index (χ3v) is 3.70. The fourth-order valence-corrected chi connectivity index (χ4v) is 2.28. The van der Waals surface area contributed by atoms with Crippen molar-refractivity contribution in [2.45, 2.75) is 26.7 Å². The molecule has 150 valence electrons. The van der Waals surface area contributed by atoms with E-state index in [-0.39, 0.29) is 0 Å². The number of nitrogens with zero attached hydrogens (tertiary/aromatic N) is 5. The molecule has 2 heterocycles. The van der Waals surface area contributed by atoms with E-state index < -0.39 is 0 Å². The lowest BCUT2D eigenvalue weighted by Gasteiger charge is -2.06. The summed E-state index contributed by atoms with van der Waals surface area (Å²) in [5, 5.41) is 7.97. The maximum atomic E-state index is 5.39. The van der Waals surface area contributed by atoms with E-state index in [1.54, 1.807) is 13.0 Å². The Morgan fingerprint density at radius 1 is 0.929 bits per heavy atom. The Morgan fingerprint density at radius 3 is 2.29 bits per heavy atom. The topological polar surface area (TPSA) is 100 Å². The molecule has 0 unspecified atom stereocenters. The minimum Gasteiger partial charge on any atom is -0.481 e. The second kappa shape index (κ2) is 10.8. The molecule has 0 fully saturated rings. The Labute approximate surface area is 164 Å². The molecule has 0 spiro atoms. The van der Waals surface area contributed by atoms with Gasteiger partial charge in [-0.05, 0) is 38.8 Å². The molecule has 0 N–H and O–H groups in total. The standard InChI is InChI=1S/C19H25N5O4/c1-13(23-27-5)16-10-6-8-15(20-16)9-7-11-28-24-14(2)19-21-17(25-3)12-18(22-19)26-4/h6,8,10,12H,7,9,11H2,1-5H3/b23-13+,24-14+. The summed E-state index contributed by atoms with van der Waals surface area (Å²) in [6.45, 7) is 4.05. The average molecular weight is 387 g/mol. The molecule has 0 atom stereocenters. The van der Waals surface area contributed by atoms with Gasteiger partial charge in [0.15, 0.2) is 5.82 Å². The summed E-state index contributed by atoms with van der Waals surface area (Å²) >= 11 is 0. The summed E-state index contributed by atoms with van der Waals surface area (Å²) in [4.78, 5) is 23.2. The SMILES string of the molecule is CO/N=C(\C)c1cccc(CCCO/N=C(\C)c2nc(OC)cc(OC)n2)n1. The quantitative estimate of drug-likeness (QED) is 0.351. The van der Waals surface area contributed by atoms with Gasteiger partial charge in [0.05, 0.1) is 26.0 Å². The van der Waals surface area contributed by atoms with E-state index >= 15 is 0 Å². The third-order valence-electron chi connectivity index (χ3n) is 3.70. The van der Waals surface area contributed by atoms with Gasteiger partial charge >= 0.3 is 0 Å². The highest BCUT2D eigenvalue weighted by Gasteiger charge is 2.09. The van der Waals surface area contributed by atoms with Crippen LogP contribution in [0.4, 0.5) is 0 Å². The number of oxime groups is 2. The van der Waals surface area contributed by atoms with Crippen LogP contribution in [0, 0.1) is 0 Å². The Morgan fingerprint density at radius 2 is 1.64 bits per heavy atom. The van der Waals surface area contributed by atoms with Gasteiger partial charge in [-0.1, -0.05) is 16.4 Å². The summed E-state index contributed by atoms with van der Waals surface area (Å²) in [7, 11) is 4.57. The van der Waals surface area contributed by atoms with Gasteiger partial charge < -0.3 is 19.1 Å². The van der Waals surface area contributed by atoms with Gasteiger partial charge in [-0.2, -0.15) is 9.97 Å². The number of aryl methyl sites for hydroxylation is 1. The fraction of sp³-hybridized carbons (Fsp3) is 0.421. The van der Waals surface area contributed by atoms with Crippen LogP contribution in [0.1, 0.15) is 37.5 Å². The highest BCUT2D eigenvalue weighted by Crippen LogP contribution is 2.15. The van der Waals surface area contributed by atoms with Crippen LogP contribution >= 0.6 is 0 Å². The van der Waals surface area contributed by atoms with Crippen molar-refractivity contribution in [3.63, 3.8) is 0 Å². The van der Waals surface area contributed by atoms with Crippen molar-refractivity contribution >= 4 is 11.4 Å². The number of aromatic nitrogens is 3. The van der Waals surface area contributed by atoms with Crippen LogP contribution in [0.2, 0.25) is 0 Å². The maximum Gasteiger partial charge on any atom is 0.220 e. The van der Waals surface area contributed by atoms with Crippen molar-refractivity contribution in [2.75, 3.05) is 27.9 Å². The zero-order chi connectivity index (χ0) is 20.4. The molecule has 0 bridgehead atoms. The summed E-state index contributed by atoms with van der Waals surface area (Å²) in [5.74, 6) is 1.18. The predicted molar refractivity (Wildman–Crippen MR) is 105 cm³/mol. The molecule has 28 heavy (non-hydrogen) atoms. The van der Waals surface area contributed by atoms with Gasteiger partial charge in [-0.3, -0.25) is 4.98 Å². The van der Waals surface area contributed by atoms with Crippen molar-refractivity contribution in [3.8, 4) is 11.8 Å². The minimum absolute atomic E-state index is 0.387. The van der Waals surface area contributed by atoms with Crippen molar-refractivity contribution in [1.82, 2.24) is 15.0 Å². The molecule has 0 saturated carbocycles.